The van der Waals surface area contributed by atoms with E-state index in [4.69, 9.17) is 0 Å². The number of amides is 1. The molecule has 1 saturated carbocycles. The molecule has 2 heterocycles. The van der Waals surface area contributed by atoms with Crippen molar-refractivity contribution >= 4 is 17.2 Å². The van der Waals surface area contributed by atoms with Crippen molar-refractivity contribution < 1.29 is 4.79 Å². The van der Waals surface area contributed by atoms with E-state index in [1.165, 1.54) is 38.5 Å². The van der Waals surface area contributed by atoms with Crippen molar-refractivity contribution in [2.75, 3.05) is 13.1 Å². The number of hydrogen-bond donors (Lipinski definition) is 3. The maximum Gasteiger partial charge on any atom is 0.267 e. The van der Waals surface area contributed by atoms with Crippen LogP contribution in [0.2, 0.25) is 0 Å². The van der Waals surface area contributed by atoms with Crippen LogP contribution in [0.4, 0.5) is 0 Å². The normalized spacial score (nSPS) is 16.0. The molecule has 130 valence electrons. The first-order valence-electron chi connectivity index (χ1n) is 8.85. The number of aromatic amines is 1. The van der Waals surface area contributed by atoms with Gasteiger partial charge in [0.2, 0.25) is 0 Å². The van der Waals surface area contributed by atoms with Gasteiger partial charge in [-0.3, -0.25) is 4.79 Å². The Kier molecular flexibility index (Phi) is 6.04. The predicted octanol–water partition coefficient (Wildman–Crippen LogP) is 3.49. The second kappa shape index (κ2) is 8.44. The van der Waals surface area contributed by atoms with Crippen LogP contribution in [-0.4, -0.2) is 35.0 Å². The van der Waals surface area contributed by atoms with Crippen molar-refractivity contribution in [2.24, 2.45) is 0 Å². The van der Waals surface area contributed by atoms with Gasteiger partial charge in [-0.05, 0) is 25.8 Å². The average Bonchev–Trinajstić information content (AvgIpc) is 3.15. The summed E-state index contributed by atoms with van der Waals surface area (Å²) in [7, 11) is 0. The molecule has 1 amide bonds. The van der Waals surface area contributed by atoms with E-state index in [0.29, 0.717) is 18.3 Å². The topological polar surface area (TPSA) is 69.8 Å². The minimum absolute atomic E-state index is 0.0594. The third kappa shape index (κ3) is 4.68. The Hall–Kier alpha value is -1.66. The number of carbonyl (C=O) groups is 1. The standard InChI is InChI=1S/C18H26N4OS/c1-13-22-17(12-24-13)14-10-16(21-11-14)18(23)20-9-8-19-15-6-4-2-3-5-7-15/h10-12,15,19,21H,2-9H2,1H3,(H,20,23). The van der Waals surface area contributed by atoms with Crippen molar-refractivity contribution in [2.45, 2.75) is 51.5 Å². The van der Waals surface area contributed by atoms with E-state index in [0.717, 1.165) is 22.8 Å². The molecule has 0 unspecified atom stereocenters. The van der Waals surface area contributed by atoms with Crippen molar-refractivity contribution in [1.29, 1.82) is 0 Å². The minimum atomic E-state index is -0.0594. The molecular formula is C18H26N4OS. The molecule has 6 heteroatoms. The van der Waals surface area contributed by atoms with Gasteiger partial charge in [-0.2, -0.15) is 0 Å². The summed E-state index contributed by atoms with van der Waals surface area (Å²) < 4.78 is 0. The molecule has 0 spiro atoms. The Morgan fingerprint density at radius 2 is 2.08 bits per heavy atom. The van der Waals surface area contributed by atoms with Gasteiger partial charge in [0.1, 0.15) is 5.69 Å². The number of carbonyl (C=O) groups excluding carboxylic acids is 1. The first kappa shape index (κ1) is 17.2. The largest absolute Gasteiger partial charge is 0.357 e. The second-order valence-electron chi connectivity index (χ2n) is 6.45. The zero-order valence-electron chi connectivity index (χ0n) is 14.2. The molecule has 0 bridgehead atoms. The number of thiazole rings is 1. The fourth-order valence-electron chi connectivity index (χ4n) is 3.20. The molecule has 2 aromatic heterocycles. The predicted molar refractivity (Wildman–Crippen MR) is 98.5 cm³/mol. The Bertz CT molecular complexity index is 656. The number of hydrogen-bond acceptors (Lipinski definition) is 4. The molecule has 0 radical (unpaired) electrons. The van der Waals surface area contributed by atoms with Gasteiger partial charge in [-0.15, -0.1) is 11.3 Å². The van der Waals surface area contributed by atoms with Gasteiger partial charge in [0.15, 0.2) is 0 Å². The first-order valence-corrected chi connectivity index (χ1v) is 9.73. The molecular weight excluding hydrogens is 320 g/mol. The lowest BCUT2D eigenvalue weighted by atomic mass is 10.1. The third-order valence-electron chi connectivity index (χ3n) is 4.54. The highest BCUT2D eigenvalue weighted by Gasteiger charge is 2.13. The Morgan fingerprint density at radius 3 is 2.79 bits per heavy atom. The van der Waals surface area contributed by atoms with Crippen LogP contribution in [0, 0.1) is 6.92 Å². The maximum absolute atomic E-state index is 12.2. The molecule has 0 aliphatic heterocycles. The SMILES string of the molecule is Cc1nc(-c2c[nH]c(C(=O)NCCNC3CCCCCC3)c2)cs1. The highest BCUT2D eigenvalue weighted by atomic mass is 32.1. The molecule has 5 nitrogen and oxygen atoms in total. The van der Waals surface area contributed by atoms with Crippen LogP contribution in [0.25, 0.3) is 11.3 Å². The molecule has 3 rings (SSSR count). The van der Waals surface area contributed by atoms with E-state index >= 15 is 0 Å². The van der Waals surface area contributed by atoms with E-state index in [1.807, 2.05) is 24.6 Å². The molecule has 1 aliphatic rings. The third-order valence-corrected chi connectivity index (χ3v) is 5.31. The van der Waals surface area contributed by atoms with Gasteiger partial charge >= 0.3 is 0 Å². The number of H-pyrrole nitrogens is 1. The van der Waals surface area contributed by atoms with Gasteiger partial charge in [0, 0.05) is 36.3 Å². The van der Waals surface area contributed by atoms with Crippen LogP contribution in [0.3, 0.4) is 0 Å². The monoisotopic (exact) mass is 346 g/mol. The molecule has 3 N–H and O–H groups in total. The van der Waals surface area contributed by atoms with Gasteiger partial charge in [-0.1, -0.05) is 25.7 Å². The fourth-order valence-corrected chi connectivity index (χ4v) is 3.82. The number of nitrogens with one attached hydrogen (secondary N) is 3. The van der Waals surface area contributed by atoms with Crippen LogP contribution in [0.1, 0.15) is 54.0 Å². The summed E-state index contributed by atoms with van der Waals surface area (Å²) in [6.07, 6.45) is 9.75. The fraction of sp³-hybridized carbons (Fsp3) is 0.556. The molecule has 0 aromatic carbocycles. The van der Waals surface area contributed by atoms with E-state index in [1.54, 1.807) is 11.3 Å². The molecule has 0 saturated heterocycles. The van der Waals surface area contributed by atoms with E-state index in [-0.39, 0.29) is 5.91 Å². The number of aryl methyl sites for hydroxylation is 1. The summed E-state index contributed by atoms with van der Waals surface area (Å²) in [6.45, 7) is 3.46. The quantitative estimate of drug-likeness (QED) is 0.554. The summed E-state index contributed by atoms with van der Waals surface area (Å²) in [5, 5.41) is 9.58. The molecule has 1 aliphatic carbocycles. The summed E-state index contributed by atoms with van der Waals surface area (Å²) in [5.74, 6) is -0.0594. The second-order valence-corrected chi connectivity index (χ2v) is 7.51. The lowest BCUT2D eigenvalue weighted by Gasteiger charge is -2.16. The zero-order valence-corrected chi connectivity index (χ0v) is 15.0. The lowest BCUT2D eigenvalue weighted by Crippen LogP contribution is -2.36. The van der Waals surface area contributed by atoms with E-state index < -0.39 is 0 Å². The smallest absolute Gasteiger partial charge is 0.267 e. The van der Waals surface area contributed by atoms with Gasteiger partial charge in [-0.25, -0.2) is 4.98 Å². The number of rotatable bonds is 6. The highest BCUT2D eigenvalue weighted by molar-refractivity contribution is 7.09. The van der Waals surface area contributed by atoms with Crippen LogP contribution in [-0.2, 0) is 0 Å². The molecule has 24 heavy (non-hydrogen) atoms. The Labute approximate surface area is 147 Å². The zero-order chi connectivity index (χ0) is 16.8. The van der Waals surface area contributed by atoms with Crippen LogP contribution >= 0.6 is 11.3 Å². The van der Waals surface area contributed by atoms with Crippen molar-refractivity contribution in [3.05, 3.63) is 28.3 Å². The Morgan fingerprint density at radius 1 is 1.29 bits per heavy atom. The van der Waals surface area contributed by atoms with Crippen molar-refractivity contribution in [3.8, 4) is 11.3 Å². The molecule has 0 atom stereocenters. The van der Waals surface area contributed by atoms with E-state index in [9.17, 15) is 4.79 Å². The molecule has 2 aromatic rings. The van der Waals surface area contributed by atoms with E-state index in [2.05, 4.69) is 20.6 Å². The minimum Gasteiger partial charge on any atom is -0.357 e. The van der Waals surface area contributed by atoms with Gasteiger partial charge < -0.3 is 15.6 Å². The van der Waals surface area contributed by atoms with Crippen LogP contribution in [0.5, 0.6) is 0 Å². The summed E-state index contributed by atoms with van der Waals surface area (Å²) in [4.78, 5) is 19.7. The highest BCUT2D eigenvalue weighted by Crippen LogP contribution is 2.22. The van der Waals surface area contributed by atoms with Crippen LogP contribution in [0.15, 0.2) is 17.6 Å². The summed E-state index contributed by atoms with van der Waals surface area (Å²) >= 11 is 1.61. The maximum atomic E-state index is 12.2. The summed E-state index contributed by atoms with van der Waals surface area (Å²) in [5.41, 5.74) is 2.47. The molecule has 1 fully saturated rings. The Balaban J connectivity index is 1.43. The van der Waals surface area contributed by atoms with Gasteiger partial charge in [0.05, 0.1) is 10.7 Å². The van der Waals surface area contributed by atoms with Gasteiger partial charge in [0.25, 0.3) is 5.91 Å². The number of aromatic nitrogens is 2. The first-order chi connectivity index (χ1) is 11.7. The summed E-state index contributed by atoms with van der Waals surface area (Å²) in [6, 6.07) is 2.48. The van der Waals surface area contributed by atoms with Crippen molar-refractivity contribution in [3.63, 3.8) is 0 Å². The lowest BCUT2D eigenvalue weighted by molar-refractivity contribution is 0.0949. The average molecular weight is 347 g/mol. The number of nitrogens with zero attached hydrogens (tertiary/aromatic N) is 1. The van der Waals surface area contributed by atoms with Crippen molar-refractivity contribution in [1.82, 2.24) is 20.6 Å². The van der Waals surface area contributed by atoms with Crippen LogP contribution < -0.4 is 10.6 Å².